The molecule has 0 spiro atoms. The fourth-order valence-electron chi connectivity index (χ4n) is 3.78. The minimum atomic E-state index is -3.63. The van der Waals surface area contributed by atoms with E-state index >= 15 is 0 Å². The largest absolute Gasteiger partial charge is 0.372 e. The Hall–Kier alpha value is -2.09. The molecular formula is C23H30ClN3O3S. The van der Waals surface area contributed by atoms with Crippen LogP contribution in [0.4, 0.5) is 5.69 Å². The summed E-state index contributed by atoms with van der Waals surface area (Å²) in [7, 11) is -3.63. The van der Waals surface area contributed by atoms with Gasteiger partial charge in [-0.05, 0) is 62.6 Å². The lowest BCUT2D eigenvalue weighted by atomic mass is 10.1. The summed E-state index contributed by atoms with van der Waals surface area (Å²) in [5.74, 6) is -0.395. The number of nitrogens with one attached hydrogen (secondary N) is 1. The lowest BCUT2D eigenvalue weighted by molar-refractivity contribution is 0.0951. The van der Waals surface area contributed by atoms with Crippen molar-refractivity contribution in [2.24, 2.45) is 0 Å². The van der Waals surface area contributed by atoms with Gasteiger partial charge in [-0.2, -0.15) is 4.31 Å². The van der Waals surface area contributed by atoms with Crippen LogP contribution in [0.5, 0.6) is 0 Å². The Kier molecular flexibility index (Phi) is 7.97. The van der Waals surface area contributed by atoms with Gasteiger partial charge in [0.1, 0.15) is 0 Å². The van der Waals surface area contributed by atoms with E-state index < -0.39 is 15.9 Å². The monoisotopic (exact) mass is 463 g/mol. The van der Waals surface area contributed by atoms with Crippen molar-refractivity contribution in [3.63, 3.8) is 0 Å². The fraction of sp³-hybridized carbons (Fsp3) is 0.435. The average Bonchev–Trinajstić information content (AvgIpc) is 2.80. The number of hydrogen-bond acceptors (Lipinski definition) is 4. The summed E-state index contributed by atoms with van der Waals surface area (Å²) in [5.41, 5.74) is 2.26. The number of hydrogen-bond donors (Lipinski definition) is 1. The van der Waals surface area contributed by atoms with Crippen LogP contribution in [0.15, 0.2) is 47.4 Å². The van der Waals surface area contributed by atoms with Crippen LogP contribution in [-0.2, 0) is 16.6 Å². The van der Waals surface area contributed by atoms with Gasteiger partial charge in [-0.3, -0.25) is 4.79 Å². The van der Waals surface area contributed by atoms with E-state index in [9.17, 15) is 13.2 Å². The number of benzene rings is 2. The molecule has 0 unspecified atom stereocenters. The number of sulfonamides is 1. The number of carbonyl (C=O) groups is 1. The molecule has 1 amide bonds. The summed E-state index contributed by atoms with van der Waals surface area (Å²) in [6, 6.07) is 12.4. The smallest absolute Gasteiger partial charge is 0.253 e. The molecule has 0 radical (unpaired) electrons. The molecule has 0 aliphatic carbocycles. The molecule has 0 bridgehead atoms. The Labute approximate surface area is 190 Å². The number of anilines is 1. The number of carbonyl (C=O) groups excluding carboxylic acids is 1. The molecule has 1 aliphatic rings. The van der Waals surface area contributed by atoms with E-state index in [1.165, 1.54) is 22.5 Å². The lowest BCUT2D eigenvalue weighted by Gasteiger charge is -2.26. The van der Waals surface area contributed by atoms with Crippen LogP contribution in [0.1, 0.15) is 49.0 Å². The van der Waals surface area contributed by atoms with Crippen molar-refractivity contribution in [3.05, 3.63) is 58.6 Å². The Morgan fingerprint density at radius 2 is 1.68 bits per heavy atom. The number of piperidine rings is 1. The van der Waals surface area contributed by atoms with Crippen LogP contribution >= 0.6 is 11.6 Å². The van der Waals surface area contributed by atoms with Gasteiger partial charge in [0.05, 0.1) is 15.5 Å². The van der Waals surface area contributed by atoms with Gasteiger partial charge in [0.2, 0.25) is 10.0 Å². The minimum absolute atomic E-state index is 0.104. The molecule has 3 rings (SSSR count). The molecule has 8 heteroatoms. The van der Waals surface area contributed by atoms with Gasteiger partial charge < -0.3 is 10.2 Å². The van der Waals surface area contributed by atoms with E-state index in [1.807, 2.05) is 24.3 Å². The topological polar surface area (TPSA) is 69.7 Å². The highest BCUT2D eigenvalue weighted by atomic mass is 35.5. The molecule has 0 saturated carbocycles. The van der Waals surface area contributed by atoms with Crippen molar-refractivity contribution in [1.82, 2.24) is 9.62 Å². The van der Waals surface area contributed by atoms with Gasteiger partial charge in [-0.15, -0.1) is 0 Å². The molecule has 1 fully saturated rings. The van der Waals surface area contributed by atoms with E-state index in [0.29, 0.717) is 19.6 Å². The van der Waals surface area contributed by atoms with Crippen LogP contribution in [0.2, 0.25) is 5.02 Å². The van der Waals surface area contributed by atoms with E-state index in [1.54, 1.807) is 0 Å². The zero-order chi connectivity index (χ0) is 22.4. The molecule has 1 N–H and O–H groups in total. The van der Waals surface area contributed by atoms with Crippen molar-refractivity contribution >= 4 is 33.2 Å². The summed E-state index contributed by atoms with van der Waals surface area (Å²) in [5, 5.41) is 3.07. The van der Waals surface area contributed by atoms with Crippen LogP contribution in [-0.4, -0.2) is 44.8 Å². The second kappa shape index (κ2) is 10.5. The first-order valence-electron chi connectivity index (χ1n) is 10.8. The second-order valence-electron chi connectivity index (χ2n) is 7.63. The first kappa shape index (κ1) is 23.6. The van der Waals surface area contributed by atoms with Crippen LogP contribution < -0.4 is 10.2 Å². The van der Waals surface area contributed by atoms with Crippen molar-refractivity contribution in [2.75, 3.05) is 31.1 Å². The molecule has 168 valence electrons. The van der Waals surface area contributed by atoms with Gasteiger partial charge in [-0.1, -0.05) is 30.2 Å². The molecule has 0 aromatic heterocycles. The maximum atomic E-state index is 12.9. The molecule has 2 aromatic carbocycles. The number of nitrogens with zero attached hydrogens (tertiary/aromatic N) is 2. The van der Waals surface area contributed by atoms with Crippen LogP contribution in [0.25, 0.3) is 0 Å². The first-order chi connectivity index (χ1) is 14.9. The Morgan fingerprint density at radius 3 is 2.29 bits per heavy atom. The zero-order valence-corrected chi connectivity index (χ0v) is 19.7. The molecule has 6 nitrogen and oxygen atoms in total. The number of halogens is 1. The van der Waals surface area contributed by atoms with Crippen molar-refractivity contribution in [2.45, 2.75) is 44.6 Å². The van der Waals surface area contributed by atoms with E-state index in [4.69, 9.17) is 11.6 Å². The Morgan fingerprint density at radius 1 is 1.03 bits per heavy atom. The Balaban J connectivity index is 1.71. The predicted octanol–water partition coefficient (Wildman–Crippen LogP) is 4.29. The van der Waals surface area contributed by atoms with E-state index in [2.05, 4.69) is 24.1 Å². The highest BCUT2D eigenvalue weighted by Crippen LogP contribution is 2.25. The summed E-state index contributed by atoms with van der Waals surface area (Å²) in [6.07, 6.45) is 2.75. The van der Waals surface area contributed by atoms with E-state index in [0.717, 1.165) is 43.6 Å². The average molecular weight is 464 g/mol. The van der Waals surface area contributed by atoms with Gasteiger partial charge in [0, 0.05) is 38.4 Å². The zero-order valence-electron chi connectivity index (χ0n) is 18.1. The van der Waals surface area contributed by atoms with Crippen molar-refractivity contribution in [3.8, 4) is 0 Å². The molecule has 1 saturated heterocycles. The molecule has 0 atom stereocenters. The molecule has 1 heterocycles. The molecule has 31 heavy (non-hydrogen) atoms. The third kappa shape index (κ3) is 5.59. The molecule has 2 aromatic rings. The fourth-order valence-corrected chi connectivity index (χ4v) is 5.53. The number of amides is 1. The first-order valence-corrected chi connectivity index (χ1v) is 12.6. The standard InChI is InChI=1S/C23H30ClN3O3S/c1-3-26(4-2)19-10-8-18(9-11-19)17-25-23(28)21-16-20(12-13-22(21)24)31(29,30)27-14-6-5-7-15-27/h8-13,16H,3-7,14-15,17H2,1-2H3,(H,25,28). The maximum absolute atomic E-state index is 12.9. The van der Waals surface area contributed by atoms with Crippen molar-refractivity contribution in [1.29, 1.82) is 0 Å². The quantitative estimate of drug-likeness (QED) is 0.634. The molecular weight excluding hydrogens is 434 g/mol. The van der Waals surface area contributed by atoms with Gasteiger partial charge >= 0.3 is 0 Å². The normalized spacial score (nSPS) is 14.9. The van der Waals surface area contributed by atoms with Crippen molar-refractivity contribution < 1.29 is 13.2 Å². The van der Waals surface area contributed by atoms with Gasteiger partial charge in [-0.25, -0.2) is 8.42 Å². The summed E-state index contributed by atoms with van der Waals surface area (Å²) in [4.78, 5) is 15.1. The summed E-state index contributed by atoms with van der Waals surface area (Å²) < 4.78 is 27.4. The minimum Gasteiger partial charge on any atom is -0.372 e. The summed E-state index contributed by atoms with van der Waals surface area (Å²) >= 11 is 6.22. The third-order valence-electron chi connectivity index (χ3n) is 5.65. The SMILES string of the molecule is CCN(CC)c1ccc(CNC(=O)c2cc(S(=O)(=O)N3CCCCC3)ccc2Cl)cc1. The van der Waals surface area contributed by atoms with Gasteiger partial charge in [0.15, 0.2) is 0 Å². The van der Waals surface area contributed by atoms with E-state index in [-0.39, 0.29) is 15.5 Å². The summed E-state index contributed by atoms with van der Waals surface area (Å²) in [6.45, 7) is 7.44. The van der Waals surface area contributed by atoms with Crippen LogP contribution in [0, 0.1) is 0 Å². The van der Waals surface area contributed by atoms with Gasteiger partial charge in [0.25, 0.3) is 5.91 Å². The highest BCUT2D eigenvalue weighted by Gasteiger charge is 2.27. The Bertz CT molecular complexity index is 999. The van der Waals surface area contributed by atoms with Crippen LogP contribution in [0.3, 0.4) is 0 Å². The molecule has 1 aliphatic heterocycles. The maximum Gasteiger partial charge on any atom is 0.253 e. The lowest BCUT2D eigenvalue weighted by Crippen LogP contribution is -2.35. The number of rotatable bonds is 8. The highest BCUT2D eigenvalue weighted by molar-refractivity contribution is 7.89. The third-order valence-corrected chi connectivity index (χ3v) is 7.88. The second-order valence-corrected chi connectivity index (χ2v) is 9.97. The predicted molar refractivity (Wildman–Crippen MR) is 125 cm³/mol.